The quantitative estimate of drug-likeness (QED) is 0.639. The molecule has 0 aromatic carbocycles. The molecule has 92 valence electrons. The van der Waals surface area contributed by atoms with E-state index in [9.17, 15) is 0 Å². The van der Waals surface area contributed by atoms with E-state index >= 15 is 0 Å². The number of hydrogen-bond acceptors (Lipinski definition) is 4. The molecule has 0 fully saturated rings. The summed E-state index contributed by atoms with van der Waals surface area (Å²) in [5.41, 5.74) is 0. The van der Waals surface area contributed by atoms with Crippen LogP contribution in [0, 0.1) is 0 Å². The van der Waals surface area contributed by atoms with Crippen LogP contribution in [0.4, 0.5) is 0 Å². The number of aliphatic imine (C=N–C) groups is 2. The predicted molar refractivity (Wildman–Crippen MR) is 71.7 cm³/mol. The Morgan fingerprint density at radius 3 is 2.56 bits per heavy atom. The van der Waals surface area contributed by atoms with Crippen molar-refractivity contribution < 1.29 is 0 Å². The maximum Gasteiger partial charge on any atom is 0.212 e. The second kappa shape index (κ2) is 5.43. The minimum atomic E-state index is -0.0247. The van der Waals surface area contributed by atoms with Crippen molar-refractivity contribution in [2.24, 2.45) is 9.98 Å². The summed E-state index contributed by atoms with van der Waals surface area (Å²) in [6.45, 7) is 10.2. The molecular formula is C10H21N5S. The van der Waals surface area contributed by atoms with E-state index in [1.165, 1.54) is 0 Å². The Hall–Kier alpha value is -0.910. The third kappa shape index (κ3) is 3.59. The Morgan fingerprint density at radius 2 is 2.06 bits per heavy atom. The third-order valence-corrected chi connectivity index (χ3v) is 2.45. The van der Waals surface area contributed by atoms with Gasteiger partial charge in [0, 0.05) is 12.1 Å². The normalized spacial score (nSPS) is 23.8. The molecule has 0 spiro atoms. The van der Waals surface area contributed by atoms with Crippen molar-refractivity contribution in [3.63, 3.8) is 0 Å². The monoisotopic (exact) mass is 243 g/mol. The van der Waals surface area contributed by atoms with Gasteiger partial charge in [-0.15, -0.1) is 0 Å². The van der Waals surface area contributed by atoms with E-state index in [1.807, 2.05) is 20.8 Å². The number of nitrogens with one attached hydrogen (secondary N) is 2. The first-order valence-electron chi connectivity index (χ1n) is 5.57. The average Bonchev–Trinajstić information content (AvgIpc) is 2.11. The van der Waals surface area contributed by atoms with E-state index in [0.717, 1.165) is 11.9 Å². The van der Waals surface area contributed by atoms with Gasteiger partial charge in [-0.1, -0.05) is 12.8 Å². The van der Waals surface area contributed by atoms with Gasteiger partial charge in [0.25, 0.3) is 0 Å². The summed E-state index contributed by atoms with van der Waals surface area (Å²) in [4.78, 5) is 8.88. The lowest BCUT2D eigenvalue weighted by molar-refractivity contribution is 0.496. The molecule has 1 aliphatic heterocycles. The van der Waals surface area contributed by atoms with E-state index in [0.29, 0.717) is 6.04 Å². The molecule has 2 N–H and O–H groups in total. The van der Waals surface area contributed by atoms with Crippen LogP contribution in [0.5, 0.6) is 0 Å². The molecule has 0 radical (unpaired) electrons. The van der Waals surface area contributed by atoms with Crippen LogP contribution in [0.2, 0.25) is 0 Å². The second-order valence-corrected chi connectivity index (χ2v) is 4.86. The molecule has 0 amide bonds. The van der Waals surface area contributed by atoms with Gasteiger partial charge in [0.2, 0.25) is 5.96 Å². The Morgan fingerprint density at radius 1 is 1.44 bits per heavy atom. The van der Waals surface area contributed by atoms with Crippen molar-refractivity contribution in [3.05, 3.63) is 0 Å². The van der Waals surface area contributed by atoms with Gasteiger partial charge in [0.15, 0.2) is 5.96 Å². The maximum atomic E-state index is 4.46. The molecule has 1 unspecified atom stereocenters. The Bertz CT molecular complexity index is 298. The summed E-state index contributed by atoms with van der Waals surface area (Å²) in [7, 11) is 0. The number of rotatable bonds is 2. The predicted octanol–water partition coefficient (Wildman–Crippen LogP) is 1.20. The standard InChI is InChI=1S/C10H21N5S/c1-6(2)11-9-13-8(5)15(16)10(14-9)12-7(3)4/h6-8,16H,1-5H3,(H2,11,12,13,14). The molecule has 5 nitrogen and oxygen atoms in total. The smallest absolute Gasteiger partial charge is 0.212 e. The van der Waals surface area contributed by atoms with Gasteiger partial charge in [-0.25, -0.2) is 9.98 Å². The molecule has 0 aliphatic carbocycles. The highest BCUT2D eigenvalue weighted by atomic mass is 32.1. The lowest BCUT2D eigenvalue weighted by atomic mass is 10.4. The van der Waals surface area contributed by atoms with Crippen LogP contribution < -0.4 is 10.6 Å². The fourth-order valence-corrected chi connectivity index (χ4v) is 1.45. The summed E-state index contributed by atoms with van der Waals surface area (Å²) in [6.07, 6.45) is -0.0247. The summed E-state index contributed by atoms with van der Waals surface area (Å²) >= 11 is 4.36. The number of hydrogen-bond donors (Lipinski definition) is 3. The van der Waals surface area contributed by atoms with Gasteiger partial charge in [0.05, 0.1) is 0 Å². The molecule has 16 heavy (non-hydrogen) atoms. The lowest BCUT2D eigenvalue weighted by Crippen LogP contribution is -2.54. The van der Waals surface area contributed by atoms with Gasteiger partial charge in [-0.05, 0) is 34.6 Å². The molecule has 6 heteroatoms. The molecule has 0 aromatic rings. The first-order valence-corrected chi connectivity index (χ1v) is 5.97. The van der Waals surface area contributed by atoms with Crippen LogP contribution in [-0.2, 0) is 0 Å². The Kier molecular flexibility index (Phi) is 4.46. The van der Waals surface area contributed by atoms with Crippen molar-refractivity contribution >= 4 is 24.7 Å². The van der Waals surface area contributed by atoms with Crippen LogP contribution in [0.1, 0.15) is 34.6 Å². The van der Waals surface area contributed by atoms with Crippen LogP contribution in [-0.4, -0.2) is 34.5 Å². The van der Waals surface area contributed by atoms with Crippen LogP contribution in [0.3, 0.4) is 0 Å². The van der Waals surface area contributed by atoms with Crippen molar-refractivity contribution in [3.8, 4) is 0 Å². The van der Waals surface area contributed by atoms with Gasteiger partial charge < -0.3 is 5.32 Å². The molecule has 0 saturated carbocycles. The van der Waals surface area contributed by atoms with Crippen molar-refractivity contribution in [2.75, 3.05) is 0 Å². The topological polar surface area (TPSA) is 52.0 Å². The van der Waals surface area contributed by atoms with Crippen molar-refractivity contribution in [2.45, 2.75) is 52.9 Å². The second-order valence-electron chi connectivity index (χ2n) is 4.42. The van der Waals surface area contributed by atoms with E-state index < -0.39 is 0 Å². The van der Waals surface area contributed by atoms with Gasteiger partial charge >= 0.3 is 0 Å². The van der Waals surface area contributed by atoms with E-state index in [2.05, 4.69) is 47.3 Å². The zero-order chi connectivity index (χ0) is 12.3. The lowest BCUT2D eigenvalue weighted by Gasteiger charge is -2.31. The number of nitrogens with zero attached hydrogens (tertiary/aromatic N) is 3. The van der Waals surface area contributed by atoms with Gasteiger partial charge in [-0.2, -0.15) is 0 Å². The van der Waals surface area contributed by atoms with Gasteiger partial charge in [0.1, 0.15) is 6.17 Å². The van der Waals surface area contributed by atoms with Crippen molar-refractivity contribution in [1.82, 2.24) is 14.9 Å². The summed E-state index contributed by atoms with van der Waals surface area (Å²) in [6, 6.07) is 0.563. The fourth-order valence-electron chi connectivity index (χ4n) is 1.30. The first-order chi connectivity index (χ1) is 7.40. The largest absolute Gasteiger partial charge is 0.354 e. The average molecular weight is 243 g/mol. The minimum absolute atomic E-state index is 0.0247. The first kappa shape index (κ1) is 13.2. The molecular weight excluding hydrogens is 222 g/mol. The fraction of sp³-hybridized carbons (Fsp3) is 0.800. The molecule has 1 rings (SSSR count). The Balaban J connectivity index is 2.82. The molecule has 0 saturated heterocycles. The number of thiol groups is 1. The van der Waals surface area contributed by atoms with E-state index in [4.69, 9.17) is 0 Å². The van der Waals surface area contributed by atoms with E-state index in [1.54, 1.807) is 4.31 Å². The molecule has 1 heterocycles. The zero-order valence-corrected chi connectivity index (χ0v) is 11.4. The maximum absolute atomic E-state index is 4.46. The van der Waals surface area contributed by atoms with Crippen LogP contribution in [0.15, 0.2) is 9.98 Å². The van der Waals surface area contributed by atoms with E-state index in [-0.39, 0.29) is 12.2 Å². The molecule has 0 aromatic heterocycles. The van der Waals surface area contributed by atoms with Gasteiger partial charge in [-0.3, -0.25) is 9.62 Å². The summed E-state index contributed by atoms with van der Waals surface area (Å²) in [5, 5.41) is 6.37. The third-order valence-electron chi connectivity index (χ3n) is 1.92. The molecule has 0 bridgehead atoms. The summed E-state index contributed by atoms with van der Waals surface area (Å²) < 4.78 is 1.73. The molecule has 1 aliphatic rings. The highest BCUT2D eigenvalue weighted by Gasteiger charge is 2.22. The van der Waals surface area contributed by atoms with Crippen LogP contribution >= 0.6 is 12.8 Å². The summed E-state index contributed by atoms with van der Waals surface area (Å²) in [5.74, 6) is 1.50. The number of guanidine groups is 2. The SMILES string of the molecule is CC(C)N=C1NC(NC(C)C)=NC(C)N1S. The Labute approximate surface area is 103 Å². The zero-order valence-electron chi connectivity index (χ0n) is 10.5. The molecule has 1 atom stereocenters. The minimum Gasteiger partial charge on any atom is -0.354 e. The highest BCUT2D eigenvalue weighted by Crippen LogP contribution is 2.09. The van der Waals surface area contributed by atoms with Crippen LogP contribution in [0.25, 0.3) is 0 Å². The highest BCUT2D eigenvalue weighted by molar-refractivity contribution is 7.78. The van der Waals surface area contributed by atoms with Crippen molar-refractivity contribution in [1.29, 1.82) is 0 Å².